The van der Waals surface area contributed by atoms with Gasteiger partial charge in [0.2, 0.25) is 17.6 Å². The molecule has 24 nitrogen and oxygen atoms in total. The molecule has 93 heavy (non-hydrogen) atoms. The minimum absolute atomic E-state index is 0.0210. The Morgan fingerprint density at radius 1 is 0.548 bits per heavy atom. The van der Waals surface area contributed by atoms with E-state index in [0.717, 1.165) is 29.2 Å². The van der Waals surface area contributed by atoms with Crippen LogP contribution in [-0.2, 0) is 38.1 Å². The summed E-state index contributed by atoms with van der Waals surface area (Å²) in [5.41, 5.74) is 4.69. The Morgan fingerprint density at radius 2 is 1.00 bits per heavy atom. The number of carbonyl (C=O) groups is 8. The highest BCUT2D eigenvalue weighted by Crippen LogP contribution is 2.35. The number of carboxylic acid groups (broad SMARTS) is 1. The van der Waals surface area contributed by atoms with E-state index in [4.69, 9.17) is 18.9 Å². The van der Waals surface area contributed by atoms with E-state index in [-0.39, 0.29) is 36.9 Å². The fourth-order valence-corrected chi connectivity index (χ4v) is 12.3. The molecule has 0 aromatic heterocycles. The molecule has 0 bridgehead atoms. The number of nitrogens with one attached hydrogen (secondary N) is 5. The molecular weight excluding hydrogens is 1240 g/mol. The lowest BCUT2D eigenvalue weighted by Gasteiger charge is -2.46. The summed E-state index contributed by atoms with van der Waals surface area (Å²) in [5, 5.41) is 90.4. The van der Waals surface area contributed by atoms with Crippen LogP contribution in [0.3, 0.4) is 0 Å². The molecular formula is C67H81N5O19S2. The zero-order valence-electron chi connectivity index (χ0n) is 51.5. The summed E-state index contributed by atoms with van der Waals surface area (Å²) in [4.78, 5) is 102. The number of ether oxygens (including phenoxy) is 4. The Kier molecular flexibility index (Phi) is 28.0. The van der Waals surface area contributed by atoms with Crippen molar-refractivity contribution in [2.45, 2.75) is 125 Å². The number of aliphatic hydroxyl groups excluding tert-OH is 6. The summed E-state index contributed by atoms with van der Waals surface area (Å²) in [5.74, 6) is -6.79. The third-order valence-corrected chi connectivity index (χ3v) is 17.8. The molecule has 500 valence electrons. The summed E-state index contributed by atoms with van der Waals surface area (Å²) >= 11 is 2.98. The number of Topliss-reactive ketones (excluding diaryl/α,β-unsaturated/α-hetero) is 1. The summed E-state index contributed by atoms with van der Waals surface area (Å²) < 4.78 is 23.5. The Balaban J connectivity index is 0.771. The minimum Gasteiger partial charge on any atom is -0.477 e. The van der Waals surface area contributed by atoms with E-state index < -0.39 is 128 Å². The summed E-state index contributed by atoms with van der Waals surface area (Å²) in [7, 11) is 0. The molecule has 0 aliphatic carbocycles. The first kappa shape index (κ1) is 73.0. The van der Waals surface area contributed by atoms with Crippen molar-refractivity contribution in [3.63, 3.8) is 0 Å². The third-order valence-electron chi connectivity index (χ3n) is 15.5. The maximum absolute atomic E-state index is 13.1. The molecule has 0 unspecified atom stereocenters. The van der Waals surface area contributed by atoms with Crippen LogP contribution in [0.15, 0.2) is 133 Å². The van der Waals surface area contributed by atoms with Crippen LogP contribution in [0.25, 0.3) is 22.3 Å². The lowest BCUT2D eigenvalue weighted by atomic mass is 9.88. The molecule has 2 fully saturated rings. The highest BCUT2D eigenvalue weighted by Gasteiger charge is 2.56. The number of aliphatic carboxylic acids is 1. The molecule has 2 saturated heterocycles. The van der Waals surface area contributed by atoms with Crippen LogP contribution in [0.1, 0.15) is 93.8 Å². The molecule has 0 radical (unpaired) electrons. The standard InChI is InChI=1S/C67H81N5O19S2/c1-41(74)71-56-52(77)36-66(40-73,90-60(56)58(81)54(79)38-69-63(84)49-20-9-18-47(34-49)43-14-5-3-6-15-43)88-28-12-32-93-33-27-68-62(83)46-25-23-45(24-26-46)51(76)22-11-30-92-31-13-29-89-67(65(86)87)37-53(78)57(72-42(2)75)61(91-67)59(82)55(80)39-70-64(85)50-21-10-19-48(35-50)44-16-7-4-8-17-44/h3-10,14-21,23-26,34-35,40,52-61,77-82H,11-13,22,27-33,36-39H2,1-2H3,(H,68,83)(H,69,84)(H,70,85)(H,71,74)(H,72,75)(H,86,87)/t52-,53-,54+,55-,56+,57+,58+,59+,60+,61+,66+,67+/m0/s1. The van der Waals surface area contributed by atoms with Crippen molar-refractivity contribution in [1.29, 1.82) is 0 Å². The van der Waals surface area contributed by atoms with Crippen molar-refractivity contribution < 1.29 is 93.0 Å². The lowest BCUT2D eigenvalue weighted by molar-refractivity contribution is -0.310. The maximum Gasteiger partial charge on any atom is 0.364 e. The Morgan fingerprint density at radius 3 is 1.51 bits per heavy atom. The Hall–Kier alpha value is -7.44. The number of aldehydes is 1. The number of amides is 5. The van der Waals surface area contributed by atoms with E-state index in [2.05, 4.69) is 26.6 Å². The van der Waals surface area contributed by atoms with Crippen LogP contribution in [0.4, 0.5) is 0 Å². The van der Waals surface area contributed by atoms with Gasteiger partial charge in [0.15, 0.2) is 12.1 Å². The van der Waals surface area contributed by atoms with Crippen molar-refractivity contribution in [1.82, 2.24) is 26.6 Å². The monoisotopic (exact) mass is 1320 g/mol. The van der Waals surface area contributed by atoms with Crippen molar-refractivity contribution in [2.24, 2.45) is 0 Å². The molecule has 5 amide bonds. The summed E-state index contributed by atoms with van der Waals surface area (Å²) in [6.07, 6.45) is -12.6. The number of rotatable bonds is 35. The van der Waals surface area contributed by atoms with Crippen molar-refractivity contribution in [3.8, 4) is 22.3 Å². The minimum atomic E-state index is -2.47. The fourth-order valence-electron chi connectivity index (χ4n) is 10.7. The van der Waals surface area contributed by atoms with Crippen molar-refractivity contribution >= 4 is 71.1 Å². The number of carboxylic acids is 1. The largest absolute Gasteiger partial charge is 0.477 e. The van der Waals surface area contributed by atoms with Gasteiger partial charge in [-0.05, 0) is 95.2 Å². The third kappa shape index (κ3) is 21.0. The molecule has 0 spiro atoms. The molecule has 5 aromatic carbocycles. The average molecular weight is 1320 g/mol. The first-order valence-electron chi connectivity index (χ1n) is 30.5. The van der Waals surface area contributed by atoms with Gasteiger partial charge < -0.3 is 81.3 Å². The molecule has 2 aliphatic rings. The second kappa shape index (κ2) is 35.7. The summed E-state index contributed by atoms with van der Waals surface area (Å²) in [6, 6.07) is 36.0. The number of ketones is 1. The molecule has 26 heteroatoms. The molecule has 12 atom stereocenters. The first-order valence-corrected chi connectivity index (χ1v) is 32.8. The topological polar surface area (TPSA) is 375 Å². The van der Waals surface area contributed by atoms with Gasteiger partial charge in [-0.25, -0.2) is 4.79 Å². The van der Waals surface area contributed by atoms with Crippen LogP contribution < -0.4 is 26.6 Å². The van der Waals surface area contributed by atoms with Gasteiger partial charge in [-0.2, -0.15) is 23.5 Å². The van der Waals surface area contributed by atoms with Gasteiger partial charge in [0.1, 0.15) is 24.4 Å². The Labute approximate surface area is 546 Å². The van der Waals surface area contributed by atoms with Crippen LogP contribution in [-0.4, -0.2) is 212 Å². The van der Waals surface area contributed by atoms with Gasteiger partial charge in [-0.15, -0.1) is 0 Å². The SMILES string of the molecule is CC(=O)N[C@H]1[C@H]([C@H](O)[C@H](O)CNC(=O)c2cccc(-c3ccccc3)c2)O[C@](C=O)(OCCCSCCNC(=O)c2ccc(C(=O)CCCSCCCO[C@]3(C(=O)O)C[C@H](O)[C@@H](NC(C)=O)[C@H]([C@H](O)[C@@H](O)CNC(=O)c4cccc(-c5ccccc5)c4)O3)cc2)C[C@@H]1O. The van der Waals surface area contributed by atoms with Crippen molar-refractivity contribution in [3.05, 3.63) is 156 Å². The predicted octanol–water partition coefficient (Wildman–Crippen LogP) is 3.28. The van der Waals surface area contributed by atoms with Crippen LogP contribution in [0, 0.1) is 0 Å². The number of hydrogen-bond donors (Lipinski definition) is 12. The molecule has 0 saturated carbocycles. The van der Waals surface area contributed by atoms with Crippen molar-refractivity contribution in [2.75, 3.05) is 55.9 Å². The van der Waals surface area contributed by atoms with Crippen LogP contribution >= 0.6 is 23.5 Å². The molecule has 12 N–H and O–H groups in total. The highest BCUT2D eigenvalue weighted by atomic mass is 32.2. The van der Waals surface area contributed by atoms with Gasteiger partial charge in [0, 0.05) is 80.8 Å². The smallest absolute Gasteiger partial charge is 0.364 e. The predicted molar refractivity (Wildman–Crippen MR) is 346 cm³/mol. The van der Waals surface area contributed by atoms with E-state index in [1.54, 1.807) is 60.7 Å². The maximum atomic E-state index is 13.1. The van der Waals surface area contributed by atoms with Gasteiger partial charge >= 0.3 is 5.97 Å². The number of carbonyl (C=O) groups excluding carboxylic acids is 7. The first-order chi connectivity index (χ1) is 44.6. The molecule has 5 aromatic rings. The quantitative estimate of drug-likeness (QED) is 0.0157. The fraction of sp³-hybridized carbons (Fsp3) is 0.433. The van der Waals surface area contributed by atoms with Gasteiger partial charge in [-0.3, -0.25) is 33.6 Å². The number of benzene rings is 5. The number of hydrogen-bond acceptors (Lipinski definition) is 20. The molecule has 2 heterocycles. The highest BCUT2D eigenvalue weighted by molar-refractivity contribution is 7.99. The normalized spacial score (nSPS) is 22.4. The van der Waals surface area contributed by atoms with E-state index in [9.17, 15) is 74.1 Å². The molecule has 2 aliphatic heterocycles. The van der Waals surface area contributed by atoms with E-state index >= 15 is 0 Å². The van der Waals surface area contributed by atoms with E-state index in [0.29, 0.717) is 71.8 Å². The molecule has 7 rings (SSSR count). The number of thioether (sulfide) groups is 2. The second-order valence-corrected chi connectivity index (χ2v) is 25.0. The zero-order valence-corrected chi connectivity index (χ0v) is 53.1. The lowest BCUT2D eigenvalue weighted by Crippen LogP contribution is -2.68. The van der Waals surface area contributed by atoms with E-state index in [1.807, 2.05) is 72.8 Å². The van der Waals surface area contributed by atoms with Crippen LogP contribution in [0.2, 0.25) is 0 Å². The number of aliphatic hydroxyl groups is 6. The summed E-state index contributed by atoms with van der Waals surface area (Å²) in [6.45, 7) is 1.53. The second-order valence-electron chi connectivity index (χ2n) is 22.6. The van der Waals surface area contributed by atoms with Gasteiger partial charge in [0.05, 0.1) is 49.7 Å². The van der Waals surface area contributed by atoms with Gasteiger partial charge in [0.25, 0.3) is 23.5 Å². The zero-order chi connectivity index (χ0) is 67.1. The van der Waals surface area contributed by atoms with Gasteiger partial charge in [-0.1, -0.05) is 97.1 Å². The van der Waals surface area contributed by atoms with E-state index in [1.165, 1.54) is 30.4 Å². The van der Waals surface area contributed by atoms with Crippen LogP contribution in [0.5, 0.6) is 0 Å². The average Bonchev–Trinajstić information content (AvgIpc) is 0.791. The Bertz CT molecular complexity index is 3300.